The highest BCUT2D eigenvalue weighted by Gasteiger charge is 2.11. The smallest absolute Gasteiger partial charge is 0.0702 e. The molecule has 2 aromatic heterocycles. The molecule has 0 spiro atoms. The molecular weight excluding hydrogens is 260 g/mol. The maximum atomic E-state index is 5.73. The van der Waals surface area contributed by atoms with Crippen LogP contribution in [0.1, 0.15) is 23.7 Å². The number of nitrogens with one attached hydrogen (secondary N) is 1. The van der Waals surface area contributed by atoms with Gasteiger partial charge in [-0.15, -0.1) is 0 Å². The van der Waals surface area contributed by atoms with Crippen molar-refractivity contribution in [2.75, 3.05) is 0 Å². The van der Waals surface area contributed by atoms with Crippen LogP contribution < -0.4 is 11.3 Å². The van der Waals surface area contributed by atoms with Crippen molar-refractivity contribution in [1.29, 1.82) is 0 Å². The summed E-state index contributed by atoms with van der Waals surface area (Å²) in [6.45, 7) is 0. The van der Waals surface area contributed by atoms with Crippen LogP contribution in [0.5, 0.6) is 0 Å². The van der Waals surface area contributed by atoms with Gasteiger partial charge < -0.3 is 0 Å². The van der Waals surface area contributed by atoms with Gasteiger partial charge in [0.25, 0.3) is 0 Å². The van der Waals surface area contributed by atoms with Crippen LogP contribution in [0.15, 0.2) is 60.9 Å². The number of pyridine rings is 2. The van der Waals surface area contributed by atoms with Gasteiger partial charge in [0, 0.05) is 29.5 Å². The lowest BCUT2D eigenvalue weighted by Gasteiger charge is -2.16. The minimum Gasteiger partial charge on any atom is -0.271 e. The first-order chi connectivity index (χ1) is 10.4. The van der Waals surface area contributed by atoms with E-state index in [1.165, 1.54) is 5.56 Å². The number of aromatic nitrogens is 2. The van der Waals surface area contributed by atoms with E-state index in [2.05, 4.69) is 33.6 Å². The first-order valence-electron chi connectivity index (χ1n) is 7.07. The molecular formula is C17H18N4. The Morgan fingerprint density at radius 1 is 1.00 bits per heavy atom. The maximum absolute atomic E-state index is 5.73. The van der Waals surface area contributed by atoms with Gasteiger partial charge in [0.15, 0.2) is 0 Å². The van der Waals surface area contributed by atoms with Gasteiger partial charge in [0.05, 0.1) is 5.52 Å². The molecule has 0 saturated heterocycles. The number of nitrogens with zero attached hydrogens (tertiary/aromatic N) is 2. The molecule has 3 rings (SSSR count). The SMILES string of the molecule is NNC(CCc1ccccn1)c1ccc2ncccc2c1. The molecule has 0 aliphatic carbocycles. The van der Waals surface area contributed by atoms with Crippen LogP contribution in [0, 0.1) is 0 Å². The Hall–Kier alpha value is -2.30. The van der Waals surface area contributed by atoms with E-state index >= 15 is 0 Å². The molecule has 1 aromatic carbocycles. The molecule has 0 aliphatic heterocycles. The zero-order valence-corrected chi connectivity index (χ0v) is 11.7. The van der Waals surface area contributed by atoms with Gasteiger partial charge in [0.2, 0.25) is 0 Å². The van der Waals surface area contributed by atoms with Gasteiger partial charge >= 0.3 is 0 Å². The van der Waals surface area contributed by atoms with E-state index in [9.17, 15) is 0 Å². The Bertz CT molecular complexity index is 712. The second kappa shape index (κ2) is 6.43. The zero-order valence-electron chi connectivity index (χ0n) is 11.7. The molecule has 0 bridgehead atoms. The van der Waals surface area contributed by atoms with Crippen LogP contribution in [-0.4, -0.2) is 9.97 Å². The number of hydrogen-bond acceptors (Lipinski definition) is 4. The lowest BCUT2D eigenvalue weighted by Crippen LogP contribution is -2.28. The predicted octanol–water partition coefficient (Wildman–Crippen LogP) is 2.77. The first kappa shape index (κ1) is 13.7. The average Bonchev–Trinajstić information content (AvgIpc) is 2.56. The Balaban J connectivity index is 1.78. The molecule has 3 aromatic rings. The molecule has 0 fully saturated rings. The van der Waals surface area contributed by atoms with Crippen molar-refractivity contribution in [3.8, 4) is 0 Å². The number of hydrogen-bond donors (Lipinski definition) is 2. The Morgan fingerprint density at radius 2 is 1.90 bits per heavy atom. The maximum Gasteiger partial charge on any atom is 0.0702 e. The van der Waals surface area contributed by atoms with E-state index in [1.54, 1.807) is 0 Å². The Morgan fingerprint density at radius 3 is 2.71 bits per heavy atom. The van der Waals surface area contributed by atoms with Crippen LogP contribution in [-0.2, 0) is 6.42 Å². The fourth-order valence-corrected chi connectivity index (χ4v) is 2.50. The lowest BCUT2D eigenvalue weighted by molar-refractivity contribution is 0.514. The summed E-state index contributed by atoms with van der Waals surface area (Å²) in [6.07, 6.45) is 5.42. The second-order valence-electron chi connectivity index (χ2n) is 5.03. The van der Waals surface area contributed by atoms with E-state index < -0.39 is 0 Å². The normalized spacial score (nSPS) is 12.4. The summed E-state index contributed by atoms with van der Waals surface area (Å²) in [5, 5.41) is 1.13. The van der Waals surface area contributed by atoms with Crippen LogP contribution in [0.3, 0.4) is 0 Å². The van der Waals surface area contributed by atoms with E-state index in [0.717, 1.165) is 29.4 Å². The minimum absolute atomic E-state index is 0.108. The quantitative estimate of drug-likeness (QED) is 0.556. The second-order valence-corrected chi connectivity index (χ2v) is 5.03. The van der Waals surface area contributed by atoms with Gasteiger partial charge in [-0.25, -0.2) is 0 Å². The molecule has 4 heteroatoms. The summed E-state index contributed by atoms with van der Waals surface area (Å²) in [6, 6.07) is 16.4. The Kier molecular flexibility index (Phi) is 4.19. The van der Waals surface area contributed by atoms with Crippen LogP contribution in [0.25, 0.3) is 10.9 Å². The number of benzene rings is 1. The van der Waals surface area contributed by atoms with Gasteiger partial charge in [0.1, 0.15) is 0 Å². The summed E-state index contributed by atoms with van der Waals surface area (Å²) in [5.74, 6) is 5.73. The monoisotopic (exact) mass is 278 g/mol. The molecule has 21 heavy (non-hydrogen) atoms. The van der Waals surface area contributed by atoms with Crippen molar-refractivity contribution in [3.63, 3.8) is 0 Å². The molecule has 2 heterocycles. The fraction of sp³-hybridized carbons (Fsp3) is 0.176. The highest BCUT2D eigenvalue weighted by atomic mass is 15.2. The van der Waals surface area contributed by atoms with E-state index in [-0.39, 0.29) is 6.04 Å². The third kappa shape index (κ3) is 3.24. The molecule has 1 unspecified atom stereocenters. The molecule has 3 N–H and O–H groups in total. The van der Waals surface area contributed by atoms with Crippen molar-refractivity contribution in [2.45, 2.75) is 18.9 Å². The standard InChI is InChI=1S/C17H18N4/c18-21-17(9-7-15-5-1-2-10-19-15)14-6-8-16-13(12-14)4-3-11-20-16/h1-6,8,10-12,17,21H,7,9,18H2. The molecule has 0 amide bonds. The topological polar surface area (TPSA) is 63.8 Å². The summed E-state index contributed by atoms with van der Waals surface area (Å²) < 4.78 is 0. The van der Waals surface area contributed by atoms with Crippen molar-refractivity contribution < 1.29 is 0 Å². The number of fused-ring (bicyclic) bond motifs is 1. The third-order valence-corrected chi connectivity index (χ3v) is 3.65. The molecule has 4 nitrogen and oxygen atoms in total. The number of nitrogens with two attached hydrogens (primary N) is 1. The van der Waals surface area contributed by atoms with E-state index in [1.807, 2.05) is 42.7 Å². The molecule has 0 saturated carbocycles. The zero-order chi connectivity index (χ0) is 14.5. The van der Waals surface area contributed by atoms with Crippen molar-refractivity contribution in [3.05, 3.63) is 72.2 Å². The van der Waals surface area contributed by atoms with Crippen LogP contribution in [0.2, 0.25) is 0 Å². The van der Waals surface area contributed by atoms with E-state index in [4.69, 9.17) is 5.84 Å². The summed E-state index contributed by atoms with van der Waals surface area (Å²) in [7, 11) is 0. The minimum atomic E-state index is 0.108. The van der Waals surface area contributed by atoms with Crippen molar-refractivity contribution in [1.82, 2.24) is 15.4 Å². The van der Waals surface area contributed by atoms with Gasteiger partial charge in [-0.2, -0.15) is 0 Å². The molecule has 1 atom stereocenters. The molecule has 0 aliphatic rings. The Labute approximate surface area is 124 Å². The highest BCUT2D eigenvalue weighted by Crippen LogP contribution is 2.22. The summed E-state index contributed by atoms with van der Waals surface area (Å²) >= 11 is 0. The predicted molar refractivity (Wildman–Crippen MR) is 84.4 cm³/mol. The first-order valence-corrected chi connectivity index (χ1v) is 7.07. The van der Waals surface area contributed by atoms with E-state index in [0.29, 0.717) is 0 Å². The van der Waals surface area contributed by atoms with Gasteiger partial charge in [-0.05, 0) is 48.7 Å². The average molecular weight is 278 g/mol. The van der Waals surface area contributed by atoms with Crippen molar-refractivity contribution >= 4 is 10.9 Å². The summed E-state index contributed by atoms with van der Waals surface area (Å²) in [5.41, 5.74) is 6.17. The molecule has 106 valence electrons. The number of aryl methyl sites for hydroxylation is 1. The highest BCUT2D eigenvalue weighted by molar-refractivity contribution is 5.79. The number of hydrazine groups is 1. The van der Waals surface area contributed by atoms with Crippen LogP contribution in [0.4, 0.5) is 0 Å². The summed E-state index contributed by atoms with van der Waals surface area (Å²) in [4.78, 5) is 8.69. The van der Waals surface area contributed by atoms with Crippen LogP contribution >= 0.6 is 0 Å². The third-order valence-electron chi connectivity index (χ3n) is 3.65. The van der Waals surface area contributed by atoms with Crippen molar-refractivity contribution in [2.24, 2.45) is 5.84 Å². The van der Waals surface area contributed by atoms with Gasteiger partial charge in [-0.1, -0.05) is 18.2 Å². The van der Waals surface area contributed by atoms with Gasteiger partial charge in [-0.3, -0.25) is 21.2 Å². The molecule has 0 radical (unpaired) electrons. The lowest BCUT2D eigenvalue weighted by atomic mass is 9.99. The largest absolute Gasteiger partial charge is 0.271 e. The fourth-order valence-electron chi connectivity index (χ4n) is 2.50. The number of rotatable bonds is 5.